The van der Waals surface area contributed by atoms with E-state index in [9.17, 15) is 4.79 Å². The number of fused-ring (bicyclic) bond motifs is 2. The number of benzene rings is 1. The Balaban J connectivity index is 1.49. The molecule has 4 aromatic rings. The maximum absolute atomic E-state index is 13.2. The first-order chi connectivity index (χ1) is 16.1. The molecule has 170 valence electrons. The van der Waals surface area contributed by atoms with Crippen LogP contribution < -0.4 is 4.74 Å². The summed E-state index contributed by atoms with van der Waals surface area (Å²) in [7, 11) is 3.68. The maximum Gasteiger partial charge on any atom is 0.254 e. The fourth-order valence-corrected chi connectivity index (χ4v) is 5.11. The average Bonchev–Trinajstić information content (AvgIpc) is 3.52. The van der Waals surface area contributed by atoms with Gasteiger partial charge in [-0.05, 0) is 68.4 Å². The number of carbonyl (C=O) groups is 1. The number of ether oxygens (including phenoxy) is 1. The number of aromatic nitrogens is 4. The van der Waals surface area contributed by atoms with Gasteiger partial charge in [0.05, 0.1) is 18.3 Å². The highest BCUT2D eigenvalue weighted by Gasteiger charge is 2.27. The monoisotopic (exact) mass is 443 g/mol. The number of rotatable bonds is 5. The van der Waals surface area contributed by atoms with E-state index in [-0.39, 0.29) is 5.91 Å². The van der Waals surface area contributed by atoms with Crippen LogP contribution in [0, 0.1) is 5.92 Å². The summed E-state index contributed by atoms with van der Waals surface area (Å²) in [6.07, 6.45) is 7.72. The van der Waals surface area contributed by atoms with Gasteiger partial charge >= 0.3 is 0 Å². The van der Waals surface area contributed by atoms with Crippen LogP contribution in [0.5, 0.6) is 5.75 Å². The van der Waals surface area contributed by atoms with E-state index in [1.54, 1.807) is 7.11 Å². The van der Waals surface area contributed by atoms with Crippen molar-refractivity contribution in [3.8, 4) is 17.3 Å². The lowest BCUT2D eigenvalue weighted by molar-refractivity contribution is 0.0724. The summed E-state index contributed by atoms with van der Waals surface area (Å²) >= 11 is 0. The van der Waals surface area contributed by atoms with E-state index in [2.05, 4.69) is 26.3 Å². The molecule has 6 rings (SSSR count). The van der Waals surface area contributed by atoms with Gasteiger partial charge in [0, 0.05) is 43.8 Å². The van der Waals surface area contributed by atoms with Gasteiger partial charge in [-0.15, -0.1) is 0 Å². The van der Waals surface area contributed by atoms with Crippen molar-refractivity contribution in [2.45, 2.75) is 38.6 Å². The van der Waals surface area contributed by atoms with Crippen LogP contribution >= 0.6 is 0 Å². The molecule has 2 fully saturated rings. The van der Waals surface area contributed by atoms with Crippen molar-refractivity contribution in [2.24, 2.45) is 13.0 Å². The van der Waals surface area contributed by atoms with E-state index in [0.717, 1.165) is 66.1 Å². The SMILES string of the molecule is COc1cc(C(=O)N2CCCCC2)cc2nc(-c3cc4cccnc4n3CC3CC3)n(C)c12. The minimum absolute atomic E-state index is 0.0640. The minimum Gasteiger partial charge on any atom is -0.494 e. The number of hydrogen-bond acceptors (Lipinski definition) is 4. The number of nitrogens with zero attached hydrogens (tertiary/aromatic N) is 5. The van der Waals surface area contributed by atoms with Crippen molar-refractivity contribution < 1.29 is 9.53 Å². The lowest BCUT2D eigenvalue weighted by Crippen LogP contribution is -2.35. The van der Waals surface area contributed by atoms with E-state index >= 15 is 0 Å². The molecular weight excluding hydrogens is 414 g/mol. The molecule has 0 unspecified atom stereocenters. The van der Waals surface area contributed by atoms with Crippen LogP contribution in [-0.2, 0) is 13.6 Å². The van der Waals surface area contributed by atoms with Crippen molar-refractivity contribution >= 4 is 28.0 Å². The number of pyridine rings is 1. The van der Waals surface area contributed by atoms with E-state index in [1.165, 1.54) is 19.3 Å². The highest BCUT2D eigenvalue weighted by Crippen LogP contribution is 2.37. The first-order valence-corrected chi connectivity index (χ1v) is 11.9. The summed E-state index contributed by atoms with van der Waals surface area (Å²) in [5.74, 6) is 2.31. The molecule has 33 heavy (non-hydrogen) atoms. The summed E-state index contributed by atoms with van der Waals surface area (Å²) in [4.78, 5) is 24.8. The van der Waals surface area contributed by atoms with Crippen molar-refractivity contribution in [3.05, 3.63) is 42.1 Å². The Morgan fingerprint density at radius 2 is 1.97 bits per heavy atom. The van der Waals surface area contributed by atoms with Crippen molar-refractivity contribution in [1.29, 1.82) is 0 Å². The third-order valence-corrected chi connectivity index (χ3v) is 7.07. The molecule has 1 aliphatic carbocycles. The van der Waals surface area contributed by atoms with Crippen LogP contribution in [0.2, 0.25) is 0 Å². The Labute approximate surface area is 193 Å². The molecule has 0 N–H and O–H groups in total. The van der Waals surface area contributed by atoms with Gasteiger partial charge in [0.25, 0.3) is 5.91 Å². The Morgan fingerprint density at radius 1 is 1.15 bits per heavy atom. The fourth-order valence-electron chi connectivity index (χ4n) is 5.11. The second-order valence-corrected chi connectivity index (χ2v) is 9.39. The molecule has 1 amide bonds. The number of carbonyl (C=O) groups excluding carboxylic acids is 1. The fraction of sp³-hybridized carbons (Fsp3) is 0.423. The zero-order valence-electron chi connectivity index (χ0n) is 19.3. The third kappa shape index (κ3) is 3.46. The van der Waals surface area contributed by atoms with E-state index in [0.29, 0.717) is 17.2 Å². The number of hydrogen-bond donors (Lipinski definition) is 0. The Hall–Kier alpha value is -3.35. The first kappa shape index (κ1) is 20.3. The van der Waals surface area contributed by atoms with Crippen molar-refractivity contribution in [3.63, 3.8) is 0 Å². The lowest BCUT2D eigenvalue weighted by atomic mass is 10.1. The molecule has 1 aromatic carbocycles. The third-order valence-electron chi connectivity index (χ3n) is 7.07. The largest absolute Gasteiger partial charge is 0.494 e. The van der Waals surface area contributed by atoms with Crippen LogP contribution in [0.3, 0.4) is 0 Å². The molecule has 3 aromatic heterocycles. The van der Waals surface area contributed by atoms with Crippen LogP contribution in [-0.4, -0.2) is 50.1 Å². The first-order valence-electron chi connectivity index (χ1n) is 11.9. The zero-order valence-corrected chi connectivity index (χ0v) is 19.3. The molecule has 0 spiro atoms. The maximum atomic E-state index is 13.2. The second-order valence-electron chi connectivity index (χ2n) is 9.39. The quantitative estimate of drug-likeness (QED) is 0.451. The van der Waals surface area contributed by atoms with Crippen LogP contribution in [0.4, 0.5) is 0 Å². The molecule has 4 heterocycles. The van der Waals surface area contributed by atoms with Gasteiger partial charge in [-0.1, -0.05) is 0 Å². The molecule has 2 aliphatic rings. The summed E-state index contributed by atoms with van der Waals surface area (Å²) < 4.78 is 10.1. The molecule has 1 saturated carbocycles. The summed E-state index contributed by atoms with van der Waals surface area (Å²) in [6, 6.07) is 10.0. The highest BCUT2D eigenvalue weighted by molar-refractivity contribution is 6.00. The summed E-state index contributed by atoms with van der Waals surface area (Å²) in [5, 5.41) is 1.12. The smallest absolute Gasteiger partial charge is 0.254 e. The van der Waals surface area contributed by atoms with Crippen molar-refractivity contribution in [2.75, 3.05) is 20.2 Å². The molecule has 7 heteroatoms. The van der Waals surface area contributed by atoms with Gasteiger partial charge < -0.3 is 18.8 Å². The number of aryl methyl sites for hydroxylation is 1. The number of imidazole rings is 1. The van der Waals surface area contributed by atoms with E-state index < -0.39 is 0 Å². The Bertz CT molecular complexity index is 1360. The van der Waals surface area contributed by atoms with Crippen LogP contribution in [0.15, 0.2) is 36.5 Å². The highest BCUT2D eigenvalue weighted by atomic mass is 16.5. The van der Waals surface area contributed by atoms with Crippen LogP contribution in [0.25, 0.3) is 33.6 Å². The minimum atomic E-state index is 0.0640. The number of amides is 1. The predicted octanol–water partition coefficient (Wildman–Crippen LogP) is 4.63. The second kappa shape index (κ2) is 7.90. The van der Waals surface area contributed by atoms with E-state index in [4.69, 9.17) is 9.72 Å². The van der Waals surface area contributed by atoms with Gasteiger partial charge in [-0.3, -0.25) is 4.79 Å². The van der Waals surface area contributed by atoms with Gasteiger partial charge in [-0.25, -0.2) is 9.97 Å². The molecule has 0 atom stereocenters. The van der Waals surface area contributed by atoms with Gasteiger partial charge in [-0.2, -0.15) is 0 Å². The normalized spacial score (nSPS) is 16.6. The molecular formula is C26H29N5O2. The zero-order chi connectivity index (χ0) is 22.5. The summed E-state index contributed by atoms with van der Waals surface area (Å²) in [6.45, 7) is 2.59. The molecule has 1 saturated heterocycles. The Morgan fingerprint density at radius 3 is 2.73 bits per heavy atom. The number of likely N-dealkylation sites (tertiary alicyclic amines) is 1. The van der Waals surface area contributed by atoms with Crippen LogP contribution in [0.1, 0.15) is 42.5 Å². The topological polar surface area (TPSA) is 65.2 Å². The van der Waals surface area contributed by atoms with Gasteiger partial charge in [0.2, 0.25) is 0 Å². The summed E-state index contributed by atoms with van der Waals surface area (Å²) in [5.41, 5.74) is 4.38. The van der Waals surface area contributed by atoms with E-state index in [1.807, 2.05) is 36.3 Å². The Kier molecular flexibility index (Phi) is 4.85. The van der Waals surface area contributed by atoms with Gasteiger partial charge in [0.15, 0.2) is 5.82 Å². The number of methoxy groups -OCH3 is 1. The van der Waals surface area contributed by atoms with Crippen molar-refractivity contribution in [1.82, 2.24) is 24.0 Å². The molecule has 7 nitrogen and oxygen atoms in total. The standard InChI is InChI=1S/C26H29N5O2/c1-29-23-20(13-19(15-22(23)33-2)26(32)30-11-4-3-5-12-30)28-25(29)21-14-18-7-6-10-27-24(18)31(21)16-17-8-9-17/h6-7,10,13-15,17H,3-5,8-9,11-12,16H2,1-2H3. The molecule has 0 bridgehead atoms. The number of piperidine rings is 1. The van der Waals surface area contributed by atoms with Gasteiger partial charge in [0.1, 0.15) is 16.9 Å². The molecule has 0 radical (unpaired) electrons. The predicted molar refractivity (Wildman–Crippen MR) is 128 cm³/mol. The molecule has 1 aliphatic heterocycles. The average molecular weight is 444 g/mol. The lowest BCUT2D eigenvalue weighted by Gasteiger charge is -2.26.